The van der Waals surface area contributed by atoms with Gasteiger partial charge in [0.25, 0.3) is 0 Å². The van der Waals surface area contributed by atoms with Crippen LogP contribution in [-0.2, 0) is 15.6 Å². The number of sulfone groups is 1. The number of hydrogen-bond acceptors (Lipinski definition) is 5. The van der Waals surface area contributed by atoms with Crippen molar-refractivity contribution in [1.82, 2.24) is 0 Å². The van der Waals surface area contributed by atoms with Gasteiger partial charge in [-0.25, -0.2) is 13.4 Å². The highest BCUT2D eigenvalue weighted by Gasteiger charge is 2.19. The molecule has 0 aliphatic carbocycles. The van der Waals surface area contributed by atoms with Crippen LogP contribution in [0, 0.1) is 0 Å². The largest absolute Gasteiger partial charge is 0.486 e. The Kier molecular flexibility index (Phi) is 6.28. The van der Waals surface area contributed by atoms with Gasteiger partial charge in [-0.15, -0.1) is 0 Å². The van der Waals surface area contributed by atoms with Crippen LogP contribution in [0.15, 0.2) is 57.4 Å². The summed E-state index contributed by atoms with van der Waals surface area (Å²) in [5.41, 5.74) is 1.97. The van der Waals surface area contributed by atoms with Crippen molar-refractivity contribution in [3.8, 4) is 11.5 Å². The number of rotatable bonds is 4. The molecule has 1 aliphatic heterocycles. The molecule has 0 spiro atoms. The number of para-hydroxylation sites is 1. The van der Waals surface area contributed by atoms with E-state index in [0.29, 0.717) is 53.3 Å². The second kappa shape index (κ2) is 8.87. The average Bonchev–Trinajstić information content (AvgIpc) is 2.70. The van der Waals surface area contributed by atoms with Gasteiger partial charge >= 0.3 is 0 Å². The van der Waals surface area contributed by atoms with Crippen LogP contribution < -0.4 is 14.8 Å². The Labute approximate surface area is 169 Å². The Hall–Kier alpha value is -3.20. The van der Waals surface area contributed by atoms with E-state index in [9.17, 15) is 8.42 Å². The third kappa shape index (κ3) is 5.41. The predicted molar refractivity (Wildman–Crippen MR) is 115 cm³/mol. The van der Waals surface area contributed by atoms with Gasteiger partial charge in [0.05, 0.1) is 11.3 Å². The van der Waals surface area contributed by atoms with Gasteiger partial charge < -0.3 is 14.8 Å². The van der Waals surface area contributed by atoms with Crippen molar-refractivity contribution < 1.29 is 17.9 Å². The molecule has 0 radical (unpaired) electrons. The zero-order chi connectivity index (χ0) is 20.9. The smallest absolute Gasteiger partial charge is 0.224 e. The lowest BCUT2D eigenvalue weighted by Crippen LogP contribution is -2.18. The number of amidine groups is 1. The van der Waals surface area contributed by atoms with Crippen molar-refractivity contribution in [3.05, 3.63) is 53.6 Å². The Morgan fingerprint density at radius 2 is 1.93 bits per heavy atom. The molecule has 29 heavy (non-hydrogen) atoms. The number of benzene rings is 2. The highest BCUT2D eigenvalue weighted by Crippen LogP contribution is 2.34. The summed E-state index contributed by atoms with van der Waals surface area (Å²) in [7, 11) is -1.54. The Bertz CT molecular complexity index is 1080. The molecule has 1 heterocycles. The van der Waals surface area contributed by atoms with Crippen LogP contribution in [0.5, 0.6) is 11.5 Å². The molecule has 0 bridgehead atoms. The first-order chi connectivity index (χ1) is 13.9. The van der Waals surface area contributed by atoms with Crippen molar-refractivity contribution in [2.24, 2.45) is 15.0 Å². The molecular weight excluding hydrogens is 392 g/mol. The zero-order valence-electron chi connectivity index (χ0n) is 16.3. The van der Waals surface area contributed by atoms with Crippen LogP contribution in [0.1, 0.15) is 11.1 Å². The number of nitrogens with one attached hydrogen (secondary N) is 1. The molecule has 0 fully saturated rings. The Morgan fingerprint density at radius 1 is 1.17 bits per heavy atom. The fourth-order valence-electron chi connectivity index (χ4n) is 2.84. The van der Waals surface area contributed by atoms with E-state index in [0.717, 1.165) is 0 Å². The molecule has 1 aliphatic rings. The molecule has 9 heteroatoms. The normalized spacial score (nSPS) is 14.4. The van der Waals surface area contributed by atoms with Gasteiger partial charge in [0.2, 0.25) is 5.96 Å². The molecule has 0 saturated carbocycles. The average molecular weight is 414 g/mol. The quantitative estimate of drug-likeness (QED) is 0.612. The number of hydrogen-bond donors (Lipinski definition) is 1. The van der Waals surface area contributed by atoms with Crippen LogP contribution in [0.2, 0.25) is 0 Å². The molecule has 0 aromatic heterocycles. The summed E-state index contributed by atoms with van der Waals surface area (Å²) in [6, 6.07) is 12.5. The number of guanidine groups is 1. The second-order valence-corrected chi connectivity index (χ2v) is 8.51. The minimum atomic E-state index is -3.13. The molecular formula is C20H22N4O4S. The van der Waals surface area contributed by atoms with Gasteiger partial charge in [0, 0.05) is 19.0 Å². The molecule has 0 atom stereocenters. The summed E-state index contributed by atoms with van der Waals surface area (Å²) in [4.78, 5) is 12.6. The van der Waals surface area contributed by atoms with Crippen molar-refractivity contribution in [2.45, 2.75) is 5.75 Å². The maximum atomic E-state index is 11.5. The molecule has 0 amide bonds. The standard InChI is InChI=1S/C20H22N4O4S/c1-21-19(16-8-5-9-17-18(16)28-11-10-27-17)24-20(22-2)23-15-7-4-6-14(12-15)13-29(3,25)26/h4-9,12H,1,10-11,13H2,2-3H3,(H,22,23)/b24-19-. The molecule has 152 valence electrons. The van der Waals surface area contributed by atoms with Crippen LogP contribution in [-0.4, -0.2) is 53.4 Å². The topological polar surface area (TPSA) is 102 Å². The van der Waals surface area contributed by atoms with Crippen molar-refractivity contribution in [1.29, 1.82) is 0 Å². The van der Waals surface area contributed by atoms with Gasteiger partial charge in [-0.1, -0.05) is 18.2 Å². The first-order valence-corrected chi connectivity index (χ1v) is 10.9. The highest BCUT2D eigenvalue weighted by molar-refractivity contribution is 7.89. The first kappa shape index (κ1) is 20.5. The highest BCUT2D eigenvalue weighted by atomic mass is 32.2. The number of fused-ring (bicyclic) bond motifs is 1. The molecule has 2 aromatic carbocycles. The lowest BCUT2D eigenvalue weighted by atomic mass is 10.1. The van der Waals surface area contributed by atoms with E-state index in [1.54, 1.807) is 31.3 Å². The number of nitrogens with zero attached hydrogens (tertiary/aromatic N) is 3. The Balaban J connectivity index is 1.88. The van der Waals surface area contributed by atoms with E-state index in [1.165, 1.54) is 6.26 Å². The van der Waals surface area contributed by atoms with E-state index in [2.05, 4.69) is 27.0 Å². The van der Waals surface area contributed by atoms with E-state index in [4.69, 9.17) is 9.47 Å². The summed E-state index contributed by atoms with van der Waals surface area (Å²) in [6.45, 7) is 4.53. The maximum absolute atomic E-state index is 11.5. The third-order valence-corrected chi connectivity index (χ3v) is 4.85. The van der Waals surface area contributed by atoms with Crippen LogP contribution in [0.4, 0.5) is 5.69 Å². The summed E-state index contributed by atoms with van der Waals surface area (Å²) >= 11 is 0. The van der Waals surface area contributed by atoms with Crippen molar-refractivity contribution in [3.63, 3.8) is 0 Å². The lowest BCUT2D eigenvalue weighted by molar-refractivity contribution is 0.171. The lowest BCUT2D eigenvalue weighted by Gasteiger charge is -2.20. The van der Waals surface area contributed by atoms with E-state index < -0.39 is 9.84 Å². The van der Waals surface area contributed by atoms with Gasteiger partial charge in [0.15, 0.2) is 27.2 Å². The number of ether oxygens (including phenoxy) is 2. The monoisotopic (exact) mass is 414 g/mol. The molecule has 2 aromatic rings. The van der Waals surface area contributed by atoms with Crippen LogP contribution in [0.25, 0.3) is 0 Å². The fraction of sp³-hybridized carbons (Fsp3) is 0.250. The van der Waals surface area contributed by atoms with Gasteiger partial charge in [-0.05, 0) is 36.5 Å². The van der Waals surface area contributed by atoms with E-state index in [-0.39, 0.29) is 5.75 Å². The molecule has 3 rings (SSSR count). The third-order valence-electron chi connectivity index (χ3n) is 3.99. The van der Waals surface area contributed by atoms with Gasteiger partial charge in [-0.3, -0.25) is 4.99 Å². The van der Waals surface area contributed by atoms with Gasteiger partial charge in [-0.2, -0.15) is 4.99 Å². The minimum Gasteiger partial charge on any atom is -0.486 e. The van der Waals surface area contributed by atoms with E-state index >= 15 is 0 Å². The predicted octanol–water partition coefficient (Wildman–Crippen LogP) is 2.55. The fourth-order valence-corrected chi connectivity index (χ4v) is 3.62. The molecule has 0 saturated heterocycles. The molecule has 0 unspecified atom stereocenters. The molecule has 1 N–H and O–H groups in total. The summed E-state index contributed by atoms with van der Waals surface area (Å²) in [5, 5.41) is 3.08. The second-order valence-electron chi connectivity index (χ2n) is 6.37. The summed E-state index contributed by atoms with van der Waals surface area (Å²) in [6.07, 6.45) is 1.20. The summed E-state index contributed by atoms with van der Waals surface area (Å²) in [5.74, 6) is 1.76. The Morgan fingerprint density at radius 3 is 2.66 bits per heavy atom. The number of anilines is 1. The van der Waals surface area contributed by atoms with Crippen molar-refractivity contribution >= 4 is 34.0 Å². The van der Waals surface area contributed by atoms with Gasteiger partial charge in [0.1, 0.15) is 13.2 Å². The van der Waals surface area contributed by atoms with E-state index in [1.807, 2.05) is 18.2 Å². The maximum Gasteiger partial charge on any atom is 0.224 e. The minimum absolute atomic E-state index is 0.0443. The van der Waals surface area contributed by atoms with Crippen LogP contribution >= 0.6 is 0 Å². The SMILES string of the molecule is C=N/C(=N\C(=NC)Nc1cccc(CS(C)(=O)=O)c1)c1cccc2c1OCCO2. The number of aliphatic imine (C=N–C) groups is 3. The zero-order valence-corrected chi connectivity index (χ0v) is 17.1. The van der Waals surface area contributed by atoms with Crippen molar-refractivity contribution in [2.75, 3.05) is 31.8 Å². The molecule has 8 nitrogen and oxygen atoms in total. The summed E-state index contributed by atoms with van der Waals surface area (Å²) < 4.78 is 34.4. The van der Waals surface area contributed by atoms with Crippen LogP contribution in [0.3, 0.4) is 0 Å². The first-order valence-electron chi connectivity index (χ1n) is 8.84.